The van der Waals surface area contributed by atoms with Gasteiger partial charge in [0.05, 0.1) is 13.2 Å². The van der Waals surface area contributed by atoms with Crippen molar-refractivity contribution in [1.29, 1.82) is 0 Å². The van der Waals surface area contributed by atoms with E-state index in [2.05, 4.69) is 27.7 Å². The predicted molar refractivity (Wildman–Crippen MR) is 170 cm³/mol. The van der Waals surface area contributed by atoms with Gasteiger partial charge in [0.15, 0.2) is 0 Å². The molecule has 0 aromatic rings. The van der Waals surface area contributed by atoms with E-state index in [1.54, 1.807) is 0 Å². The Hall–Kier alpha value is 0.794. The van der Waals surface area contributed by atoms with Crippen molar-refractivity contribution in [3.05, 3.63) is 0 Å². The van der Waals surface area contributed by atoms with Crippen molar-refractivity contribution in [2.75, 3.05) is 25.5 Å². The van der Waals surface area contributed by atoms with E-state index in [4.69, 9.17) is 9.05 Å². The summed E-state index contributed by atoms with van der Waals surface area (Å²) in [7, 11) is -7.12. The van der Waals surface area contributed by atoms with Crippen LogP contribution >= 0.6 is 15.2 Å². The Morgan fingerprint density at radius 3 is 0.878 bits per heavy atom. The summed E-state index contributed by atoms with van der Waals surface area (Å²) in [6, 6.07) is 0. The number of hydrogen-bond donors (Lipinski definition) is 0. The molecule has 0 saturated heterocycles. The first kappa shape index (κ1) is 46.2. The van der Waals surface area contributed by atoms with Crippen LogP contribution in [-0.4, -0.2) is 25.5 Å². The Kier molecular flexibility index (Phi) is 39.8. The maximum atomic E-state index is 11.7. The summed E-state index contributed by atoms with van der Waals surface area (Å²) in [5, 5.41) is 0. The quantitative estimate of drug-likeness (QED) is 0.0429. The zero-order chi connectivity index (χ0) is 30.2. The molecule has 0 spiro atoms. The van der Waals surface area contributed by atoms with Crippen molar-refractivity contribution >= 4 is 15.2 Å². The van der Waals surface area contributed by atoms with E-state index in [0.717, 1.165) is 64.2 Å². The van der Waals surface area contributed by atoms with Crippen LogP contribution in [0.15, 0.2) is 0 Å². The first-order chi connectivity index (χ1) is 19.2. The third-order valence-electron chi connectivity index (χ3n) is 7.14. The van der Waals surface area contributed by atoms with Gasteiger partial charge in [-0.25, -0.2) is 0 Å². The molecular formula is C32H68NiO6P2. The van der Waals surface area contributed by atoms with E-state index in [1.165, 1.54) is 89.9 Å². The van der Waals surface area contributed by atoms with E-state index in [9.17, 15) is 18.9 Å². The van der Waals surface area contributed by atoms with Crippen LogP contribution < -0.4 is 9.79 Å². The first-order valence-electron chi connectivity index (χ1n) is 17.1. The van der Waals surface area contributed by atoms with Gasteiger partial charge in [-0.3, -0.25) is 0 Å². The molecule has 0 aliphatic rings. The van der Waals surface area contributed by atoms with Crippen LogP contribution in [0.25, 0.3) is 0 Å². The Bertz CT molecular complexity index is 545. The minimum atomic E-state index is -3.56. The van der Waals surface area contributed by atoms with Gasteiger partial charge in [-0.2, -0.15) is 0 Å². The Labute approximate surface area is 266 Å². The fourth-order valence-electron chi connectivity index (χ4n) is 4.47. The standard InChI is InChI=1S/2C16H35O3P.Ni/c2*1-3-5-7-9-11-13-15-19-20(17,18)16-14-12-10-8-6-4-2;/h2*3-16H2,1-2H3,(H,17,18);/q;;+2/p-2. The van der Waals surface area contributed by atoms with Crippen molar-refractivity contribution in [2.45, 2.75) is 182 Å². The predicted octanol–water partition coefficient (Wildman–Crippen LogP) is 10.6. The van der Waals surface area contributed by atoms with Gasteiger partial charge in [0, 0.05) is 12.3 Å². The van der Waals surface area contributed by atoms with Gasteiger partial charge in [-0.15, -0.1) is 0 Å². The largest absolute Gasteiger partial charge is 2.00 e. The third kappa shape index (κ3) is 40.8. The van der Waals surface area contributed by atoms with Crippen LogP contribution in [0, 0.1) is 0 Å². The van der Waals surface area contributed by atoms with Crippen molar-refractivity contribution in [3.8, 4) is 0 Å². The van der Waals surface area contributed by atoms with Crippen LogP contribution in [0.2, 0.25) is 0 Å². The first-order valence-corrected chi connectivity index (χ1v) is 20.6. The zero-order valence-electron chi connectivity index (χ0n) is 27.5. The molecule has 0 N–H and O–H groups in total. The second kappa shape index (κ2) is 35.3. The number of unbranched alkanes of at least 4 members (excludes halogenated alkanes) is 20. The summed E-state index contributed by atoms with van der Waals surface area (Å²) in [4.78, 5) is 23.3. The summed E-state index contributed by atoms with van der Waals surface area (Å²) in [6.07, 6.45) is 27.5. The summed E-state index contributed by atoms with van der Waals surface area (Å²) in [6.45, 7) is 9.51. The minimum absolute atomic E-state index is 0. The molecular weight excluding hydrogens is 601 g/mol. The molecule has 252 valence electrons. The molecule has 0 radical (unpaired) electrons. The van der Waals surface area contributed by atoms with Gasteiger partial charge in [-0.05, 0) is 25.7 Å². The monoisotopic (exact) mass is 668 g/mol. The van der Waals surface area contributed by atoms with Gasteiger partial charge < -0.3 is 28.0 Å². The van der Waals surface area contributed by atoms with Crippen molar-refractivity contribution in [1.82, 2.24) is 0 Å². The van der Waals surface area contributed by atoms with E-state index in [0.29, 0.717) is 13.2 Å². The van der Waals surface area contributed by atoms with Gasteiger partial charge >= 0.3 is 16.5 Å². The minimum Gasteiger partial charge on any atom is -0.778 e. The van der Waals surface area contributed by atoms with Crippen molar-refractivity contribution in [3.63, 3.8) is 0 Å². The van der Waals surface area contributed by atoms with E-state index >= 15 is 0 Å². The molecule has 0 heterocycles. The molecule has 0 aromatic carbocycles. The van der Waals surface area contributed by atoms with Gasteiger partial charge in [0.2, 0.25) is 0 Å². The third-order valence-corrected chi connectivity index (χ3v) is 10.0. The molecule has 0 amide bonds. The molecule has 0 fully saturated rings. The zero-order valence-corrected chi connectivity index (χ0v) is 30.2. The van der Waals surface area contributed by atoms with Crippen LogP contribution in [0.5, 0.6) is 0 Å². The molecule has 2 unspecified atom stereocenters. The Morgan fingerprint density at radius 2 is 0.610 bits per heavy atom. The molecule has 9 heteroatoms. The summed E-state index contributed by atoms with van der Waals surface area (Å²) in [5.41, 5.74) is 0. The molecule has 0 saturated carbocycles. The molecule has 2 atom stereocenters. The van der Waals surface area contributed by atoms with Crippen LogP contribution in [0.1, 0.15) is 182 Å². The fraction of sp³-hybridized carbons (Fsp3) is 1.00. The average Bonchev–Trinajstić information content (AvgIpc) is 2.92. The summed E-state index contributed by atoms with van der Waals surface area (Å²) < 4.78 is 33.4. The van der Waals surface area contributed by atoms with Crippen LogP contribution in [-0.2, 0) is 34.7 Å². The van der Waals surface area contributed by atoms with Crippen molar-refractivity contribution < 1.29 is 44.5 Å². The normalized spacial score (nSPS) is 14.0. The fourth-order valence-corrected chi connectivity index (χ4v) is 6.77. The van der Waals surface area contributed by atoms with Crippen LogP contribution in [0.3, 0.4) is 0 Å². The number of rotatable bonds is 30. The smallest absolute Gasteiger partial charge is 0.778 e. The van der Waals surface area contributed by atoms with E-state index in [-0.39, 0.29) is 28.8 Å². The SMILES string of the molecule is CCCCCCCCOP(=O)([O-])CCCCCCCC.CCCCCCCCOP(=O)([O-])CCCCCCCC.[Ni+2]. The Balaban J connectivity index is -0.000000688. The summed E-state index contributed by atoms with van der Waals surface area (Å²) in [5.74, 6) is 0. The van der Waals surface area contributed by atoms with Crippen LogP contribution in [0.4, 0.5) is 0 Å². The van der Waals surface area contributed by atoms with E-state index in [1.807, 2.05) is 0 Å². The van der Waals surface area contributed by atoms with Gasteiger partial charge in [-0.1, -0.05) is 156 Å². The molecule has 41 heavy (non-hydrogen) atoms. The molecule has 0 aliphatic heterocycles. The van der Waals surface area contributed by atoms with Gasteiger partial charge in [0.1, 0.15) is 15.2 Å². The number of hydrogen-bond acceptors (Lipinski definition) is 6. The topological polar surface area (TPSA) is 98.7 Å². The van der Waals surface area contributed by atoms with Gasteiger partial charge in [0.25, 0.3) is 0 Å². The second-order valence-corrected chi connectivity index (χ2v) is 15.3. The Morgan fingerprint density at radius 1 is 0.390 bits per heavy atom. The van der Waals surface area contributed by atoms with Crippen molar-refractivity contribution in [2.24, 2.45) is 0 Å². The molecule has 6 nitrogen and oxygen atoms in total. The molecule has 0 rings (SSSR count). The maximum absolute atomic E-state index is 11.7. The second-order valence-electron chi connectivity index (χ2n) is 11.4. The average molecular weight is 670 g/mol. The molecule has 0 aromatic heterocycles. The summed E-state index contributed by atoms with van der Waals surface area (Å²) >= 11 is 0. The maximum Gasteiger partial charge on any atom is 2.00 e. The van der Waals surface area contributed by atoms with E-state index < -0.39 is 15.2 Å². The molecule has 0 bridgehead atoms. The molecule has 0 aliphatic carbocycles.